The lowest BCUT2D eigenvalue weighted by atomic mass is 10.2. The van der Waals surface area contributed by atoms with E-state index in [1.54, 1.807) is 55.6 Å². The van der Waals surface area contributed by atoms with E-state index in [-0.39, 0.29) is 18.0 Å². The fraction of sp³-hybridized carbons (Fsp3) is 0.111. The summed E-state index contributed by atoms with van der Waals surface area (Å²) >= 11 is 3.47. The number of esters is 1. The topological polar surface area (TPSA) is 95.9 Å². The van der Waals surface area contributed by atoms with Crippen LogP contribution in [0.1, 0.15) is 12.5 Å². The molecule has 0 bridgehead atoms. The standard InChI is InChI=1S/C27H20BrN3O5/c1-2-34-25(32)16-35-20-10-7-17(8-11-20)15-29-31-26(30-22-6-4-3-5-21(22)27(31)33)24-14-18-13-19(28)9-12-23(18)36-24/h3-15H,2,16H2,1H3. The van der Waals surface area contributed by atoms with Gasteiger partial charge in [-0.2, -0.15) is 9.78 Å². The Bertz CT molecular complexity index is 1650. The maximum atomic E-state index is 13.4. The van der Waals surface area contributed by atoms with E-state index in [4.69, 9.17) is 13.9 Å². The molecule has 0 spiro atoms. The molecule has 0 amide bonds. The quantitative estimate of drug-likeness (QED) is 0.201. The van der Waals surface area contributed by atoms with E-state index in [0.717, 1.165) is 15.4 Å². The summed E-state index contributed by atoms with van der Waals surface area (Å²) in [6, 6.07) is 21.5. The number of benzene rings is 3. The van der Waals surface area contributed by atoms with Gasteiger partial charge in [0.15, 0.2) is 12.4 Å². The van der Waals surface area contributed by atoms with Crippen molar-refractivity contribution in [1.29, 1.82) is 0 Å². The minimum atomic E-state index is -0.434. The summed E-state index contributed by atoms with van der Waals surface area (Å²) < 4.78 is 18.4. The first-order valence-electron chi connectivity index (χ1n) is 11.2. The fourth-order valence-corrected chi connectivity index (χ4v) is 4.01. The van der Waals surface area contributed by atoms with Crippen LogP contribution in [-0.2, 0) is 9.53 Å². The summed E-state index contributed by atoms with van der Waals surface area (Å²) in [5.74, 6) is 0.790. The first-order valence-corrected chi connectivity index (χ1v) is 12.0. The Kier molecular flexibility index (Phi) is 6.64. The van der Waals surface area contributed by atoms with Crippen molar-refractivity contribution >= 4 is 50.0 Å². The number of halogens is 1. The third-order valence-corrected chi connectivity index (χ3v) is 5.81. The molecule has 2 aromatic heterocycles. The van der Waals surface area contributed by atoms with Gasteiger partial charge in [0, 0.05) is 9.86 Å². The van der Waals surface area contributed by atoms with E-state index in [0.29, 0.717) is 34.6 Å². The summed E-state index contributed by atoms with van der Waals surface area (Å²) in [5.41, 5.74) is 1.62. The van der Waals surface area contributed by atoms with Crippen LogP contribution in [0.15, 0.2) is 91.6 Å². The number of ether oxygens (including phenoxy) is 2. The van der Waals surface area contributed by atoms with Gasteiger partial charge in [-0.1, -0.05) is 28.1 Å². The second-order valence-corrected chi connectivity index (χ2v) is 8.69. The monoisotopic (exact) mass is 545 g/mol. The first-order chi connectivity index (χ1) is 17.5. The molecule has 0 radical (unpaired) electrons. The molecule has 3 aromatic carbocycles. The molecule has 180 valence electrons. The number of carbonyl (C=O) groups is 1. The lowest BCUT2D eigenvalue weighted by molar-refractivity contribution is -0.145. The van der Waals surface area contributed by atoms with Crippen LogP contribution in [0.3, 0.4) is 0 Å². The Morgan fingerprint density at radius 1 is 1.11 bits per heavy atom. The van der Waals surface area contributed by atoms with Crippen molar-refractivity contribution in [3.8, 4) is 17.3 Å². The van der Waals surface area contributed by atoms with E-state index >= 15 is 0 Å². The van der Waals surface area contributed by atoms with Gasteiger partial charge < -0.3 is 13.9 Å². The number of aromatic nitrogens is 2. The highest BCUT2D eigenvalue weighted by molar-refractivity contribution is 9.10. The molecule has 2 heterocycles. The van der Waals surface area contributed by atoms with Gasteiger partial charge in [-0.05, 0) is 73.2 Å². The van der Waals surface area contributed by atoms with Crippen LogP contribution in [0.2, 0.25) is 0 Å². The third kappa shape index (κ3) is 4.92. The minimum absolute atomic E-state index is 0.170. The van der Waals surface area contributed by atoms with Gasteiger partial charge in [0.25, 0.3) is 5.56 Å². The number of hydrogen-bond acceptors (Lipinski definition) is 7. The second kappa shape index (κ2) is 10.2. The highest BCUT2D eigenvalue weighted by atomic mass is 79.9. The summed E-state index contributed by atoms with van der Waals surface area (Å²) in [6.45, 7) is 1.87. The third-order valence-electron chi connectivity index (χ3n) is 5.32. The molecular formula is C27H20BrN3O5. The molecule has 0 aliphatic rings. The van der Waals surface area contributed by atoms with E-state index in [1.165, 1.54) is 4.68 Å². The van der Waals surface area contributed by atoms with Crippen molar-refractivity contribution in [2.45, 2.75) is 6.92 Å². The van der Waals surface area contributed by atoms with Crippen LogP contribution < -0.4 is 10.3 Å². The molecule has 5 aromatic rings. The van der Waals surface area contributed by atoms with Crippen molar-refractivity contribution in [1.82, 2.24) is 9.66 Å². The molecule has 0 aliphatic carbocycles. The van der Waals surface area contributed by atoms with E-state index in [1.807, 2.05) is 30.3 Å². The average molecular weight is 546 g/mol. The summed E-state index contributed by atoms with van der Waals surface area (Å²) in [4.78, 5) is 29.5. The predicted molar refractivity (Wildman–Crippen MR) is 140 cm³/mol. The van der Waals surface area contributed by atoms with Crippen LogP contribution in [0.5, 0.6) is 5.75 Å². The first kappa shape index (κ1) is 23.5. The predicted octanol–water partition coefficient (Wildman–Crippen LogP) is 5.40. The fourth-order valence-electron chi connectivity index (χ4n) is 3.63. The Morgan fingerprint density at radius 2 is 1.92 bits per heavy atom. The smallest absolute Gasteiger partial charge is 0.344 e. The summed E-state index contributed by atoms with van der Waals surface area (Å²) in [6.07, 6.45) is 1.55. The molecule has 0 saturated heterocycles. The largest absolute Gasteiger partial charge is 0.482 e. The van der Waals surface area contributed by atoms with Gasteiger partial charge in [-0.15, -0.1) is 0 Å². The number of carbonyl (C=O) groups excluding carboxylic acids is 1. The second-order valence-electron chi connectivity index (χ2n) is 7.77. The van der Waals surface area contributed by atoms with Crippen LogP contribution in [0, 0.1) is 0 Å². The molecule has 36 heavy (non-hydrogen) atoms. The molecule has 9 heteroatoms. The molecule has 0 saturated carbocycles. The zero-order valence-electron chi connectivity index (χ0n) is 19.2. The van der Waals surface area contributed by atoms with Gasteiger partial charge in [0.1, 0.15) is 11.3 Å². The molecular weight excluding hydrogens is 526 g/mol. The normalized spacial score (nSPS) is 11.4. The van der Waals surface area contributed by atoms with Gasteiger partial charge in [-0.3, -0.25) is 4.79 Å². The Labute approximate surface area is 213 Å². The van der Waals surface area contributed by atoms with E-state index in [2.05, 4.69) is 26.0 Å². The van der Waals surface area contributed by atoms with Crippen LogP contribution >= 0.6 is 15.9 Å². The molecule has 0 unspecified atom stereocenters. The molecule has 0 atom stereocenters. The van der Waals surface area contributed by atoms with Crippen molar-refractivity contribution in [3.05, 3.63) is 93.2 Å². The van der Waals surface area contributed by atoms with Crippen molar-refractivity contribution in [2.75, 3.05) is 13.2 Å². The Morgan fingerprint density at radius 3 is 2.72 bits per heavy atom. The van der Waals surface area contributed by atoms with Crippen molar-refractivity contribution in [2.24, 2.45) is 5.10 Å². The highest BCUT2D eigenvalue weighted by Gasteiger charge is 2.16. The van der Waals surface area contributed by atoms with Gasteiger partial charge in [0.05, 0.1) is 23.7 Å². The van der Waals surface area contributed by atoms with Crippen LogP contribution in [-0.4, -0.2) is 35.1 Å². The van der Waals surface area contributed by atoms with E-state index in [9.17, 15) is 9.59 Å². The Balaban J connectivity index is 1.50. The number of rotatable bonds is 7. The zero-order chi connectivity index (χ0) is 25.1. The van der Waals surface area contributed by atoms with Crippen molar-refractivity contribution < 1.29 is 18.7 Å². The van der Waals surface area contributed by atoms with Crippen LogP contribution in [0.25, 0.3) is 33.5 Å². The lowest BCUT2D eigenvalue weighted by Crippen LogP contribution is -2.20. The Hall–Kier alpha value is -4.24. The number of nitrogens with zero attached hydrogens (tertiary/aromatic N) is 3. The summed E-state index contributed by atoms with van der Waals surface area (Å²) in [7, 11) is 0. The van der Waals surface area contributed by atoms with E-state index < -0.39 is 5.97 Å². The maximum Gasteiger partial charge on any atom is 0.344 e. The number of para-hydroxylation sites is 1. The minimum Gasteiger partial charge on any atom is -0.482 e. The average Bonchev–Trinajstić information content (AvgIpc) is 3.31. The highest BCUT2D eigenvalue weighted by Crippen LogP contribution is 2.29. The molecule has 0 fully saturated rings. The lowest BCUT2D eigenvalue weighted by Gasteiger charge is -2.07. The van der Waals surface area contributed by atoms with Crippen LogP contribution in [0.4, 0.5) is 0 Å². The number of furan rings is 1. The molecule has 0 N–H and O–H groups in total. The SMILES string of the molecule is CCOC(=O)COc1ccc(C=Nn2c(-c3cc4cc(Br)ccc4o3)nc3ccccc3c2=O)cc1. The van der Waals surface area contributed by atoms with Gasteiger partial charge in [0.2, 0.25) is 5.82 Å². The zero-order valence-corrected chi connectivity index (χ0v) is 20.8. The number of hydrogen-bond donors (Lipinski definition) is 0. The summed E-state index contributed by atoms with van der Waals surface area (Å²) in [5, 5.41) is 5.77. The number of fused-ring (bicyclic) bond motifs is 2. The maximum absolute atomic E-state index is 13.4. The molecule has 5 rings (SSSR count). The van der Waals surface area contributed by atoms with Crippen molar-refractivity contribution in [3.63, 3.8) is 0 Å². The molecule has 0 aliphatic heterocycles. The molecule has 8 nitrogen and oxygen atoms in total. The van der Waals surface area contributed by atoms with Gasteiger partial charge in [-0.25, -0.2) is 9.78 Å². The van der Waals surface area contributed by atoms with Gasteiger partial charge >= 0.3 is 5.97 Å².